The number of hydrogen-bond acceptors (Lipinski definition) is 4. The number of aryl methyl sites for hydroxylation is 2. The summed E-state index contributed by atoms with van der Waals surface area (Å²) in [7, 11) is -3.59. The number of piperidine rings is 1. The molecule has 30 heavy (non-hydrogen) atoms. The molecule has 3 heterocycles. The van der Waals surface area contributed by atoms with Gasteiger partial charge in [0, 0.05) is 42.8 Å². The molecule has 0 bridgehead atoms. The monoisotopic (exact) mass is 427 g/mol. The van der Waals surface area contributed by atoms with E-state index in [1.165, 1.54) is 4.31 Å². The molecule has 1 fully saturated rings. The smallest absolute Gasteiger partial charge is 0.251 e. The zero-order chi connectivity index (χ0) is 21.3. The number of carbonyl (C=O) groups is 1. The maximum Gasteiger partial charge on any atom is 0.251 e. The Morgan fingerprint density at radius 1 is 1.10 bits per heavy atom. The van der Waals surface area contributed by atoms with Crippen LogP contribution in [0.1, 0.15) is 34.6 Å². The molecule has 1 aromatic carbocycles. The van der Waals surface area contributed by atoms with Crippen LogP contribution >= 0.6 is 0 Å². The number of benzene rings is 1. The molecular formula is C21H25N5O3S. The van der Waals surface area contributed by atoms with E-state index in [4.69, 9.17) is 0 Å². The van der Waals surface area contributed by atoms with Gasteiger partial charge in [-0.1, -0.05) is 0 Å². The number of nitrogens with zero attached hydrogens (tertiary/aromatic N) is 3. The summed E-state index contributed by atoms with van der Waals surface area (Å²) < 4.78 is 29.3. The molecule has 4 rings (SSSR count). The highest BCUT2D eigenvalue weighted by atomic mass is 32.2. The highest BCUT2D eigenvalue weighted by Crippen LogP contribution is 2.25. The lowest BCUT2D eigenvalue weighted by molar-refractivity contribution is 0.0924. The van der Waals surface area contributed by atoms with E-state index in [9.17, 15) is 13.2 Å². The summed E-state index contributed by atoms with van der Waals surface area (Å²) in [4.78, 5) is 12.9. The van der Waals surface area contributed by atoms with Crippen molar-refractivity contribution in [3.8, 4) is 5.69 Å². The Balaban J connectivity index is 1.36. The number of amides is 1. The van der Waals surface area contributed by atoms with Gasteiger partial charge in [0.1, 0.15) is 4.90 Å². The lowest BCUT2D eigenvalue weighted by Crippen LogP contribution is -2.46. The van der Waals surface area contributed by atoms with Crippen LogP contribution in [-0.2, 0) is 10.0 Å². The predicted octanol–water partition coefficient (Wildman–Crippen LogP) is 2.40. The molecule has 0 saturated carbocycles. The van der Waals surface area contributed by atoms with Gasteiger partial charge in [0.2, 0.25) is 10.0 Å². The third-order valence-electron chi connectivity index (χ3n) is 5.48. The lowest BCUT2D eigenvalue weighted by Gasteiger charge is -2.31. The Hall–Kier alpha value is -2.91. The van der Waals surface area contributed by atoms with Gasteiger partial charge in [-0.15, -0.1) is 0 Å². The van der Waals surface area contributed by atoms with Crippen LogP contribution in [-0.4, -0.2) is 52.5 Å². The zero-order valence-electron chi connectivity index (χ0n) is 17.0. The molecule has 1 amide bonds. The summed E-state index contributed by atoms with van der Waals surface area (Å²) in [6, 6.07) is 11.2. The van der Waals surface area contributed by atoms with Crippen LogP contribution in [0.3, 0.4) is 0 Å². The molecule has 0 radical (unpaired) electrons. The summed E-state index contributed by atoms with van der Waals surface area (Å²) in [6.07, 6.45) is 5.04. The molecule has 1 aliphatic rings. The lowest BCUT2D eigenvalue weighted by atomic mass is 10.1. The molecule has 0 spiro atoms. The molecule has 158 valence electrons. The van der Waals surface area contributed by atoms with E-state index < -0.39 is 10.0 Å². The second kappa shape index (κ2) is 8.08. The zero-order valence-corrected chi connectivity index (χ0v) is 17.8. The SMILES string of the molecule is Cc1n[nH]c(C)c1S(=O)(=O)N1CCC(NC(=O)c2ccc(-n3cccc3)cc2)CC1. The number of aromatic nitrogens is 3. The molecule has 0 aliphatic carbocycles. The van der Waals surface area contributed by atoms with Gasteiger partial charge in [-0.2, -0.15) is 9.40 Å². The molecule has 8 nitrogen and oxygen atoms in total. The topological polar surface area (TPSA) is 100 Å². The fourth-order valence-corrected chi connectivity index (χ4v) is 5.65. The van der Waals surface area contributed by atoms with E-state index in [1.807, 2.05) is 41.2 Å². The number of hydrogen-bond donors (Lipinski definition) is 2. The molecule has 1 saturated heterocycles. The molecule has 1 aliphatic heterocycles. The van der Waals surface area contributed by atoms with Crippen LogP contribution in [0.25, 0.3) is 5.69 Å². The third-order valence-corrected chi connectivity index (χ3v) is 7.64. The Kier molecular flexibility index (Phi) is 5.48. The summed E-state index contributed by atoms with van der Waals surface area (Å²) in [6.45, 7) is 4.13. The highest BCUT2D eigenvalue weighted by molar-refractivity contribution is 7.89. The van der Waals surface area contributed by atoms with Crippen molar-refractivity contribution >= 4 is 15.9 Å². The van der Waals surface area contributed by atoms with Crippen molar-refractivity contribution in [1.29, 1.82) is 0 Å². The first-order chi connectivity index (χ1) is 14.4. The highest BCUT2D eigenvalue weighted by Gasteiger charge is 2.33. The van der Waals surface area contributed by atoms with Crippen LogP contribution in [0.15, 0.2) is 53.7 Å². The van der Waals surface area contributed by atoms with Crippen LogP contribution in [0.5, 0.6) is 0 Å². The number of nitrogens with one attached hydrogen (secondary N) is 2. The molecule has 0 atom stereocenters. The molecule has 3 aromatic rings. The van der Waals surface area contributed by atoms with Crippen molar-refractivity contribution in [2.24, 2.45) is 0 Å². The maximum atomic E-state index is 12.9. The van der Waals surface area contributed by atoms with Gasteiger partial charge >= 0.3 is 0 Å². The molecular weight excluding hydrogens is 402 g/mol. The van der Waals surface area contributed by atoms with Crippen molar-refractivity contribution < 1.29 is 13.2 Å². The van der Waals surface area contributed by atoms with Gasteiger partial charge in [-0.25, -0.2) is 8.42 Å². The quantitative estimate of drug-likeness (QED) is 0.653. The van der Waals surface area contributed by atoms with Gasteiger partial charge in [-0.05, 0) is 63.1 Å². The number of carbonyl (C=O) groups excluding carboxylic acids is 1. The largest absolute Gasteiger partial charge is 0.349 e. The fraction of sp³-hybridized carbons (Fsp3) is 0.333. The van der Waals surface area contributed by atoms with Crippen molar-refractivity contribution in [3.63, 3.8) is 0 Å². The number of aromatic amines is 1. The molecule has 2 N–H and O–H groups in total. The first-order valence-corrected chi connectivity index (χ1v) is 11.4. The van der Waals surface area contributed by atoms with Crippen LogP contribution in [0, 0.1) is 13.8 Å². The first kappa shape index (κ1) is 20.4. The van der Waals surface area contributed by atoms with E-state index >= 15 is 0 Å². The van der Waals surface area contributed by atoms with Gasteiger partial charge < -0.3 is 9.88 Å². The van der Waals surface area contributed by atoms with E-state index in [0.29, 0.717) is 42.9 Å². The van der Waals surface area contributed by atoms with E-state index in [2.05, 4.69) is 15.5 Å². The second-order valence-electron chi connectivity index (χ2n) is 7.55. The van der Waals surface area contributed by atoms with Crippen LogP contribution in [0.2, 0.25) is 0 Å². The van der Waals surface area contributed by atoms with Gasteiger partial charge in [-0.3, -0.25) is 9.89 Å². The number of rotatable bonds is 5. The van der Waals surface area contributed by atoms with Gasteiger partial charge in [0.05, 0.1) is 11.4 Å². The Labute approximate surface area is 176 Å². The summed E-state index contributed by atoms with van der Waals surface area (Å²) in [5.74, 6) is -0.142. The van der Waals surface area contributed by atoms with Crippen LogP contribution < -0.4 is 5.32 Å². The van der Waals surface area contributed by atoms with E-state index in [1.54, 1.807) is 26.0 Å². The van der Waals surface area contributed by atoms with Crippen molar-refractivity contribution in [2.75, 3.05) is 13.1 Å². The summed E-state index contributed by atoms with van der Waals surface area (Å²) in [5, 5.41) is 9.77. The normalized spacial score (nSPS) is 15.9. The average molecular weight is 428 g/mol. The standard InChI is InChI=1S/C21H25N5O3S/c1-15-20(16(2)24-23-15)30(28,29)26-13-9-18(10-14-26)22-21(27)17-5-7-19(8-6-17)25-11-3-4-12-25/h3-8,11-12,18H,9-10,13-14H2,1-2H3,(H,22,27)(H,23,24). The number of H-pyrrole nitrogens is 1. The molecule has 2 aromatic heterocycles. The number of sulfonamides is 1. The maximum absolute atomic E-state index is 12.9. The van der Waals surface area contributed by atoms with Crippen LogP contribution in [0.4, 0.5) is 0 Å². The van der Waals surface area contributed by atoms with E-state index in [0.717, 1.165) is 5.69 Å². The minimum absolute atomic E-state index is 0.0559. The summed E-state index contributed by atoms with van der Waals surface area (Å²) in [5.41, 5.74) is 2.60. The Morgan fingerprint density at radius 3 is 2.30 bits per heavy atom. The van der Waals surface area contributed by atoms with E-state index in [-0.39, 0.29) is 16.8 Å². The third kappa shape index (κ3) is 3.90. The molecule has 9 heteroatoms. The van der Waals surface area contributed by atoms with Crippen molar-refractivity contribution in [1.82, 2.24) is 24.4 Å². The minimum Gasteiger partial charge on any atom is -0.349 e. The average Bonchev–Trinajstić information content (AvgIpc) is 3.38. The first-order valence-electron chi connectivity index (χ1n) is 9.92. The summed E-state index contributed by atoms with van der Waals surface area (Å²) >= 11 is 0. The Morgan fingerprint density at radius 2 is 1.73 bits per heavy atom. The van der Waals surface area contributed by atoms with Gasteiger partial charge in [0.15, 0.2) is 0 Å². The van der Waals surface area contributed by atoms with Crippen molar-refractivity contribution in [2.45, 2.75) is 37.6 Å². The molecule has 0 unspecified atom stereocenters. The predicted molar refractivity (Wildman–Crippen MR) is 113 cm³/mol. The van der Waals surface area contributed by atoms with Gasteiger partial charge in [0.25, 0.3) is 5.91 Å². The minimum atomic E-state index is -3.59. The fourth-order valence-electron chi connectivity index (χ4n) is 3.85. The Bertz CT molecular complexity index is 1110. The second-order valence-corrected chi connectivity index (χ2v) is 9.43. The van der Waals surface area contributed by atoms with Crippen molar-refractivity contribution in [3.05, 3.63) is 65.7 Å².